The maximum absolute atomic E-state index is 7.57. The maximum Gasteiger partial charge on any atom is 0.0402 e. The Morgan fingerprint density at radius 3 is 1.76 bits per heavy atom. The SMILES string of the molecule is CC1c2cccc3cccc(c23)C1C.CCO. The zero-order chi connectivity index (χ0) is 12.4. The molecule has 0 saturated carbocycles. The molecule has 1 aliphatic rings. The molecule has 0 spiro atoms. The first-order valence-corrected chi connectivity index (χ1v) is 6.33. The predicted molar refractivity (Wildman–Crippen MR) is 73.5 cm³/mol. The molecule has 1 N–H and O–H groups in total. The minimum atomic E-state index is 0.250. The summed E-state index contributed by atoms with van der Waals surface area (Å²) in [6, 6.07) is 13.3. The van der Waals surface area contributed by atoms with Gasteiger partial charge in [0.05, 0.1) is 0 Å². The molecule has 0 fully saturated rings. The Morgan fingerprint density at radius 2 is 1.35 bits per heavy atom. The van der Waals surface area contributed by atoms with Gasteiger partial charge in [-0.3, -0.25) is 0 Å². The van der Waals surface area contributed by atoms with Gasteiger partial charge in [-0.25, -0.2) is 0 Å². The van der Waals surface area contributed by atoms with E-state index in [1.165, 1.54) is 21.9 Å². The quantitative estimate of drug-likeness (QED) is 0.721. The molecule has 2 aromatic carbocycles. The third-order valence-electron chi connectivity index (χ3n) is 3.70. The molecule has 2 unspecified atom stereocenters. The van der Waals surface area contributed by atoms with E-state index in [0.717, 1.165) is 0 Å². The Labute approximate surface area is 103 Å². The van der Waals surface area contributed by atoms with Crippen LogP contribution in [0.1, 0.15) is 43.7 Å². The van der Waals surface area contributed by atoms with Gasteiger partial charge in [0.2, 0.25) is 0 Å². The summed E-state index contributed by atoms with van der Waals surface area (Å²) in [5.41, 5.74) is 3.07. The zero-order valence-corrected chi connectivity index (χ0v) is 10.8. The summed E-state index contributed by atoms with van der Waals surface area (Å²) in [7, 11) is 0. The van der Waals surface area contributed by atoms with Crippen LogP contribution in [0.25, 0.3) is 10.8 Å². The Morgan fingerprint density at radius 1 is 0.941 bits per heavy atom. The van der Waals surface area contributed by atoms with Crippen LogP contribution < -0.4 is 0 Å². The van der Waals surface area contributed by atoms with E-state index in [-0.39, 0.29) is 6.61 Å². The molecule has 0 amide bonds. The third-order valence-corrected chi connectivity index (χ3v) is 3.70. The van der Waals surface area contributed by atoms with Crippen LogP contribution in [0.5, 0.6) is 0 Å². The molecule has 2 aromatic rings. The molecular weight excluding hydrogens is 208 g/mol. The van der Waals surface area contributed by atoms with Crippen molar-refractivity contribution in [2.24, 2.45) is 0 Å². The van der Waals surface area contributed by atoms with Gasteiger partial charge in [0.15, 0.2) is 0 Å². The lowest BCUT2D eigenvalue weighted by Crippen LogP contribution is -1.95. The van der Waals surface area contributed by atoms with E-state index in [4.69, 9.17) is 5.11 Å². The van der Waals surface area contributed by atoms with Gasteiger partial charge in [-0.1, -0.05) is 50.2 Å². The van der Waals surface area contributed by atoms with Crippen molar-refractivity contribution >= 4 is 10.8 Å². The summed E-state index contributed by atoms with van der Waals surface area (Å²) in [6.07, 6.45) is 0. The van der Waals surface area contributed by atoms with Gasteiger partial charge in [0.1, 0.15) is 0 Å². The van der Waals surface area contributed by atoms with Gasteiger partial charge < -0.3 is 5.11 Å². The molecule has 90 valence electrons. The molecule has 2 atom stereocenters. The van der Waals surface area contributed by atoms with E-state index in [0.29, 0.717) is 11.8 Å². The molecule has 0 aliphatic heterocycles. The van der Waals surface area contributed by atoms with Crippen molar-refractivity contribution in [3.63, 3.8) is 0 Å². The second-order valence-electron chi connectivity index (χ2n) is 4.69. The maximum atomic E-state index is 7.57. The normalized spacial score (nSPS) is 21.2. The molecule has 1 aliphatic carbocycles. The number of benzene rings is 2. The molecule has 0 heterocycles. The summed E-state index contributed by atoms with van der Waals surface area (Å²) in [5, 5.41) is 10.5. The van der Waals surface area contributed by atoms with E-state index >= 15 is 0 Å². The van der Waals surface area contributed by atoms with Crippen molar-refractivity contribution in [2.75, 3.05) is 6.61 Å². The summed E-state index contributed by atoms with van der Waals surface area (Å²) in [6.45, 7) is 6.60. The fourth-order valence-electron chi connectivity index (χ4n) is 2.70. The number of hydrogen-bond acceptors (Lipinski definition) is 1. The highest BCUT2D eigenvalue weighted by molar-refractivity contribution is 5.92. The number of rotatable bonds is 0. The Hall–Kier alpha value is -1.34. The summed E-state index contributed by atoms with van der Waals surface area (Å²) >= 11 is 0. The Bertz CT molecular complexity index is 473. The lowest BCUT2D eigenvalue weighted by Gasteiger charge is -2.10. The van der Waals surface area contributed by atoms with Crippen LogP contribution in [-0.4, -0.2) is 11.7 Å². The van der Waals surface area contributed by atoms with Gasteiger partial charge in [-0.15, -0.1) is 0 Å². The summed E-state index contributed by atoms with van der Waals surface area (Å²) in [5.74, 6) is 1.35. The van der Waals surface area contributed by atoms with Crippen molar-refractivity contribution in [2.45, 2.75) is 32.6 Å². The van der Waals surface area contributed by atoms with Crippen LogP contribution >= 0.6 is 0 Å². The fraction of sp³-hybridized carbons (Fsp3) is 0.375. The predicted octanol–water partition coefficient (Wildman–Crippen LogP) is 4.06. The topological polar surface area (TPSA) is 20.2 Å². The van der Waals surface area contributed by atoms with E-state index in [2.05, 4.69) is 50.2 Å². The highest BCUT2D eigenvalue weighted by Gasteiger charge is 2.27. The summed E-state index contributed by atoms with van der Waals surface area (Å²) < 4.78 is 0. The standard InChI is InChI=1S/C14H14.C2H6O/c1-9-10(2)13-8-4-6-11-5-3-7-12(9)14(11)13;1-2-3/h3-10H,1-2H3;3H,2H2,1H3. The fourth-order valence-corrected chi connectivity index (χ4v) is 2.70. The highest BCUT2D eigenvalue weighted by atomic mass is 16.2. The first-order chi connectivity index (χ1) is 8.20. The lowest BCUT2D eigenvalue weighted by atomic mass is 9.94. The van der Waals surface area contributed by atoms with E-state index in [1.807, 2.05) is 0 Å². The zero-order valence-electron chi connectivity index (χ0n) is 10.8. The van der Waals surface area contributed by atoms with Crippen LogP contribution in [0, 0.1) is 0 Å². The number of aliphatic hydroxyl groups excluding tert-OH is 1. The minimum absolute atomic E-state index is 0.250. The van der Waals surface area contributed by atoms with E-state index in [9.17, 15) is 0 Å². The molecule has 17 heavy (non-hydrogen) atoms. The van der Waals surface area contributed by atoms with Crippen molar-refractivity contribution in [3.05, 3.63) is 47.5 Å². The largest absolute Gasteiger partial charge is 0.397 e. The molecule has 0 radical (unpaired) electrons. The minimum Gasteiger partial charge on any atom is -0.397 e. The molecule has 3 rings (SSSR count). The molecule has 1 heteroatoms. The Balaban J connectivity index is 0.000000329. The monoisotopic (exact) mass is 228 g/mol. The second kappa shape index (κ2) is 4.89. The highest BCUT2D eigenvalue weighted by Crippen LogP contribution is 2.45. The van der Waals surface area contributed by atoms with Gasteiger partial charge in [-0.05, 0) is 40.7 Å². The third kappa shape index (κ3) is 1.96. The van der Waals surface area contributed by atoms with Crippen LogP contribution in [0.15, 0.2) is 36.4 Å². The average molecular weight is 228 g/mol. The van der Waals surface area contributed by atoms with Gasteiger partial charge in [0, 0.05) is 6.61 Å². The van der Waals surface area contributed by atoms with Crippen molar-refractivity contribution in [3.8, 4) is 0 Å². The average Bonchev–Trinajstić information content (AvgIpc) is 2.59. The molecule has 0 aromatic heterocycles. The smallest absolute Gasteiger partial charge is 0.0402 e. The van der Waals surface area contributed by atoms with Crippen LogP contribution in [0.3, 0.4) is 0 Å². The van der Waals surface area contributed by atoms with Gasteiger partial charge in [0.25, 0.3) is 0 Å². The van der Waals surface area contributed by atoms with Crippen LogP contribution in [0.2, 0.25) is 0 Å². The second-order valence-corrected chi connectivity index (χ2v) is 4.69. The van der Waals surface area contributed by atoms with E-state index in [1.54, 1.807) is 6.92 Å². The summed E-state index contributed by atoms with van der Waals surface area (Å²) in [4.78, 5) is 0. The van der Waals surface area contributed by atoms with Crippen LogP contribution in [-0.2, 0) is 0 Å². The first-order valence-electron chi connectivity index (χ1n) is 6.33. The van der Waals surface area contributed by atoms with Gasteiger partial charge >= 0.3 is 0 Å². The lowest BCUT2D eigenvalue weighted by molar-refractivity contribution is 0.318. The Kier molecular flexibility index (Phi) is 3.49. The number of aliphatic hydroxyl groups is 1. The van der Waals surface area contributed by atoms with Crippen molar-refractivity contribution < 1.29 is 5.11 Å². The first kappa shape index (κ1) is 12.1. The van der Waals surface area contributed by atoms with Crippen LogP contribution in [0.4, 0.5) is 0 Å². The molecule has 1 nitrogen and oxygen atoms in total. The van der Waals surface area contributed by atoms with Crippen molar-refractivity contribution in [1.29, 1.82) is 0 Å². The molecule has 0 saturated heterocycles. The molecular formula is C16H20O. The van der Waals surface area contributed by atoms with Gasteiger partial charge in [-0.2, -0.15) is 0 Å². The number of hydrogen-bond donors (Lipinski definition) is 1. The molecule has 0 bridgehead atoms. The van der Waals surface area contributed by atoms with Crippen molar-refractivity contribution in [1.82, 2.24) is 0 Å². The van der Waals surface area contributed by atoms with E-state index < -0.39 is 0 Å².